The molecule has 1 aliphatic heterocycles. The largest absolute Gasteiger partial charge is 0.361 e. The number of anilines is 1. The predicted octanol–water partition coefficient (Wildman–Crippen LogP) is -1.05. The highest BCUT2D eigenvalue weighted by Crippen LogP contribution is 2.21. The van der Waals surface area contributed by atoms with Gasteiger partial charge in [0.1, 0.15) is 12.5 Å². The third-order valence-electron chi connectivity index (χ3n) is 2.34. The van der Waals surface area contributed by atoms with Crippen molar-refractivity contribution in [2.24, 2.45) is 0 Å². The van der Waals surface area contributed by atoms with E-state index in [1.165, 1.54) is 4.90 Å². The fourth-order valence-electron chi connectivity index (χ4n) is 1.59. The number of H-pyrrole nitrogens is 2. The van der Waals surface area contributed by atoms with Crippen LogP contribution in [-0.4, -0.2) is 29.2 Å². The topological polar surface area (TPSA) is 95.3 Å². The van der Waals surface area contributed by atoms with Gasteiger partial charge < -0.3 is 4.74 Å². The highest BCUT2D eigenvalue weighted by Gasteiger charge is 2.30. The van der Waals surface area contributed by atoms with Crippen LogP contribution in [0.15, 0.2) is 9.59 Å². The summed E-state index contributed by atoms with van der Waals surface area (Å²) in [6.07, 6.45) is -0.00544. The van der Waals surface area contributed by atoms with E-state index in [9.17, 15) is 14.4 Å². The number of fused-ring (bicyclic) bond motifs is 1. The summed E-state index contributed by atoms with van der Waals surface area (Å²) in [7, 11) is 0. The van der Waals surface area contributed by atoms with E-state index in [0.29, 0.717) is 6.61 Å². The number of rotatable bonds is 3. The maximum absolute atomic E-state index is 11.6. The average Bonchev–Trinajstić information content (AvgIpc) is 2.53. The molecule has 2 rings (SSSR count). The van der Waals surface area contributed by atoms with Crippen molar-refractivity contribution in [3.8, 4) is 0 Å². The van der Waals surface area contributed by atoms with E-state index in [4.69, 9.17) is 4.74 Å². The number of aromatic nitrogens is 2. The van der Waals surface area contributed by atoms with E-state index in [-0.39, 0.29) is 30.4 Å². The SMILES string of the molecule is CCOCN1C(=O)Cc2c1[nH]c(=O)[nH]c2=O. The minimum absolute atomic E-state index is 0.00544. The van der Waals surface area contributed by atoms with Crippen LogP contribution >= 0.6 is 0 Å². The smallest absolute Gasteiger partial charge is 0.327 e. The number of carbonyl (C=O) groups excluding carboxylic acids is 1. The number of nitrogens with one attached hydrogen (secondary N) is 2. The van der Waals surface area contributed by atoms with E-state index in [2.05, 4.69) is 9.97 Å². The molecule has 16 heavy (non-hydrogen) atoms. The molecule has 1 aromatic heterocycles. The maximum atomic E-state index is 11.6. The van der Waals surface area contributed by atoms with Crippen LogP contribution in [0.2, 0.25) is 0 Å². The molecule has 0 saturated carbocycles. The highest BCUT2D eigenvalue weighted by atomic mass is 16.5. The Bertz CT molecular complexity index is 530. The van der Waals surface area contributed by atoms with Gasteiger partial charge >= 0.3 is 5.69 Å². The molecule has 2 heterocycles. The van der Waals surface area contributed by atoms with Crippen molar-refractivity contribution in [1.29, 1.82) is 0 Å². The first-order valence-electron chi connectivity index (χ1n) is 4.87. The minimum Gasteiger partial charge on any atom is -0.361 e. The highest BCUT2D eigenvalue weighted by molar-refractivity contribution is 5.99. The lowest BCUT2D eigenvalue weighted by Gasteiger charge is -2.15. The first-order chi connectivity index (χ1) is 7.63. The third-order valence-corrected chi connectivity index (χ3v) is 2.34. The molecule has 1 aromatic rings. The quantitative estimate of drug-likeness (QED) is 0.685. The Balaban J connectivity index is 2.44. The molecule has 7 heteroatoms. The van der Waals surface area contributed by atoms with Gasteiger partial charge in [0.05, 0.1) is 12.0 Å². The first kappa shape index (κ1) is 10.6. The Morgan fingerprint density at radius 2 is 2.06 bits per heavy atom. The van der Waals surface area contributed by atoms with Crippen LogP contribution < -0.4 is 16.1 Å². The van der Waals surface area contributed by atoms with E-state index < -0.39 is 11.2 Å². The Hall–Kier alpha value is -1.89. The van der Waals surface area contributed by atoms with E-state index in [1.807, 2.05) is 0 Å². The van der Waals surface area contributed by atoms with Crippen LogP contribution in [-0.2, 0) is 16.0 Å². The second kappa shape index (κ2) is 3.93. The van der Waals surface area contributed by atoms with Crippen LogP contribution in [0, 0.1) is 0 Å². The van der Waals surface area contributed by atoms with Gasteiger partial charge in [-0.25, -0.2) is 4.79 Å². The van der Waals surface area contributed by atoms with Crippen molar-refractivity contribution in [3.05, 3.63) is 26.4 Å². The van der Waals surface area contributed by atoms with Crippen LogP contribution in [0.25, 0.3) is 0 Å². The molecule has 0 bridgehead atoms. The Morgan fingerprint density at radius 1 is 1.31 bits per heavy atom. The van der Waals surface area contributed by atoms with Crippen LogP contribution in [0.3, 0.4) is 0 Å². The Kier molecular flexibility index (Phi) is 2.61. The first-order valence-corrected chi connectivity index (χ1v) is 4.87. The number of hydrogen-bond donors (Lipinski definition) is 2. The summed E-state index contributed by atoms with van der Waals surface area (Å²) in [5.74, 6) is -0.0111. The standard InChI is InChI=1S/C9H11N3O4/c1-2-16-4-12-6(13)3-5-7(12)10-9(15)11-8(5)14/h2-4H2,1H3,(H2,10,11,14,15). The lowest BCUT2D eigenvalue weighted by atomic mass is 10.3. The molecular weight excluding hydrogens is 214 g/mol. The molecule has 0 atom stereocenters. The van der Waals surface area contributed by atoms with Gasteiger partial charge in [0.2, 0.25) is 5.91 Å². The van der Waals surface area contributed by atoms with Crippen LogP contribution in [0.4, 0.5) is 5.82 Å². The van der Waals surface area contributed by atoms with Gasteiger partial charge in [-0.15, -0.1) is 0 Å². The van der Waals surface area contributed by atoms with Gasteiger partial charge in [-0.1, -0.05) is 0 Å². The van der Waals surface area contributed by atoms with Crippen LogP contribution in [0.5, 0.6) is 0 Å². The van der Waals surface area contributed by atoms with Gasteiger partial charge in [0, 0.05) is 6.61 Å². The molecule has 0 saturated heterocycles. The predicted molar refractivity (Wildman–Crippen MR) is 55.4 cm³/mol. The fourth-order valence-corrected chi connectivity index (χ4v) is 1.59. The molecule has 1 aliphatic rings. The third kappa shape index (κ3) is 1.65. The molecule has 0 radical (unpaired) electrons. The lowest BCUT2D eigenvalue weighted by molar-refractivity contribution is -0.118. The summed E-state index contributed by atoms with van der Waals surface area (Å²) in [4.78, 5) is 39.8. The number of amides is 1. The molecular formula is C9H11N3O4. The minimum atomic E-state index is -0.625. The normalized spacial score (nSPS) is 14.3. The second-order valence-electron chi connectivity index (χ2n) is 3.36. The van der Waals surface area contributed by atoms with Crippen molar-refractivity contribution < 1.29 is 9.53 Å². The number of aromatic amines is 2. The van der Waals surface area contributed by atoms with Gasteiger partial charge in [-0.2, -0.15) is 0 Å². The molecule has 7 nitrogen and oxygen atoms in total. The summed E-state index contributed by atoms with van der Waals surface area (Å²) in [6, 6.07) is 0. The number of ether oxygens (including phenoxy) is 1. The zero-order valence-corrected chi connectivity index (χ0v) is 8.70. The Labute approximate surface area is 90.0 Å². The maximum Gasteiger partial charge on any atom is 0.327 e. The van der Waals surface area contributed by atoms with Crippen molar-refractivity contribution in [1.82, 2.24) is 9.97 Å². The van der Waals surface area contributed by atoms with E-state index >= 15 is 0 Å². The van der Waals surface area contributed by atoms with Crippen molar-refractivity contribution in [3.63, 3.8) is 0 Å². The van der Waals surface area contributed by atoms with Crippen LogP contribution in [0.1, 0.15) is 12.5 Å². The van der Waals surface area contributed by atoms with E-state index in [0.717, 1.165) is 0 Å². The summed E-state index contributed by atoms with van der Waals surface area (Å²) in [5, 5.41) is 0. The van der Waals surface area contributed by atoms with Gasteiger partial charge in [0.15, 0.2) is 0 Å². The molecule has 0 aromatic carbocycles. The molecule has 1 amide bonds. The number of nitrogens with zero attached hydrogens (tertiary/aromatic N) is 1. The molecule has 0 fully saturated rings. The van der Waals surface area contributed by atoms with Crippen molar-refractivity contribution in [2.45, 2.75) is 13.3 Å². The zero-order chi connectivity index (χ0) is 11.7. The van der Waals surface area contributed by atoms with Gasteiger partial charge in [-0.3, -0.25) is 24.5 Å². The lowest BCUT2D eigenvalue weighted by Crippen LogP contribution is -2.32. The average molecular weight is 225 g/mol. The van der Waals surface area contributed by atoms with Gasteiger partial charge in [-0.05, 0) is 6.92 Å². The molecule has 0 spiro atoms. The monoisotopic (exact) mass is 225 g/mol. The van der Waals surface area contributed by atoms with Crippen molar-refractivity contribution >= 4 is 11.7 Å². The molecule has 0 unspecified atom stereocenters. The number of hydrogen-bond acceptors (Lipinski definition) is 4. The Morgan fingerprint density at radius 3 is 2.75 bits per heavy atom. The summed E-state index contributed by atoms with van der Waals surface area (Å²) >= 11 is 0. The molecule has 2 N–H and O–H groups in total. The molecule has 0 aliphatic carbocycles. The zero-order valence-electron chi connectivity index (χ0n) is 8.70. The van der Waals surface area contributed by atoms with E-state index in [1.54, 1.807) is 6.92 Å². The fraction of sp³-hybridized carbons (Fsp3) is 0.444. The summed E-state index contributed by atoms with van der Waals surface area (Å²) < 4.78 is 5.10. The molecule has 86 valence electrons. The summed E-state index contributed by atoms with van der Waals surface area (Å²) in [6.45, 7) is 2.29. The number of carbonyl (C=O) groups is 1. The summed E-state index contributed by atoms with van der Waals surface area (Å²) in [5.41, 5.74) is -0.865. The van der Waals surface area contributed by atoms with Gasteiger partial charge in [0.25, 0.3) is 5.56 Å². The van der Waals surface area contributed by atoms with Crippen molar-refractivity contribution in [2.75, 3.05) is 18.2 Å². The second-order valence-corrected chi connectivity index (χ2v) is 3.36.